The lowest BCUT2D eigenvalue weighted by molar-refractivity contribution is -0.137. The lowest BCUT2D eigenvalue weighted by Crippen LogP contribution is -2.26. The molecule has 3 rings (SSSR count). The molecule has 1 heterocycles. The normalized spacial score (nSPS) is 11.9. The van der Waals surface area contributed by atoms with Crippen LogP contribution >= 0.6 is 0 Å². The summed E-state index contributed by atoms with van der Waals surface area (Å²) in [5, 5.41) is 0.996. The molecule has 0 unspecified atom stereocenters. The van der Waals surface area contributed by atoms with Crippen molar-refractivity contribution in [1.82, 2.24) is 9.71 Å². The van der Waals surface area contributed by atoms with Crippen molar-refractivity contribution in [2.75, 3.05) is 13.2 Å². The van der Waals surface area contributed by atoms with Crippen LogP contribution in [0.4, 0.5) is 0 Å². The van der Waals surface area contributed by atoms with E-state index in [4.69, 9.17) is 4.74 Å². The lowest BCUT2D eigenvalue weighted by Gasteiger charge is -2.08. The van der Waals surface area contributed by atoms with E-state index in [-0.39, 0.29) is 11.4 Å². The van der Waals surface area contributed by atoms with Crippen LogP contribution in [0.5, 0.6) is 0 Å². The number of esters is 1. The molecule has 0 aliphatic rings. The van der Waals surface area contributed by atoms with Crippen LogP contribution in [0.15, 0.2) is 59.5 Å². The summed E-state index contributed by atoms with van der Waals surface area (Å²) >= 11 is 0. The average molecular weight is 441 g/mol. The molecule has 0 aliphatic carbocycles. The number of unbranched alkanes of at least 4 members (excludes halogenated alkanes) is 1. The number of aryl methyl sites for hydroxylation is 1. The number of carbonyl (C=O) groups is 1. The van der Waals surface area contributed by atoms with Crippen LogP contribution in [0.1, 0.15) is 36.6 Å². The van der Waals surface area contributed by atoms with Crippen LogP contribution in [0, 0.1) is 6.92 Å². The predicted molar refractivity (Wildman–Crippen MR) is 123 cm³/mol. The zero-order valence-electron chi connectivity index (χ0n) is 17.9. The lowest BCUT2D eigenvalue weighted by atomic mass is 10.1. The van der Waals surface area contributed by atoms with Gasteiger partial charge in [0.2, 0.25) is 10.0 Å². The van der Waals surface area contributed by atoms with Crippen LogP contribution in [-0.4, -0.2) is 32.5 Å². The van der Waals surface area contributed by atoms with E-state index < -0.39 is 16.0 Å². The molecule has 0 radical (unpaired) electrons. The third kappa shape index (κ3) is 6.06. The number of fused-ring (bicyclic) bond motifs is 1. The van der Waals surface area contributed by atoms with E-state index in [1.807, 2.05) is 38.1 Å². The van der Waals surface area contributed by atoms with Crippen LogP contribution in [-0.2, 0) is 26.0 Å². The van der Waals surface area contributed by atoms with Crippen molar-refractivity contribution in [2.24, 2.45) is 0 Å². The molecule has 6 nitrogen and oxygen atoms in total. The minimum atomic E-state index is -3.59. The number of H-pyrrole nitrogens is 1. The Kier molecular flexibility index (Phi) is 7.65. The second kappa shape index (κ2) is 10.4. The fraction of sp³-hybridized carbons (Fsp3) is 0.292. The summed E-state index contributed by atoms with van der Waals surface area (Å²) < 4.78 is 33.0. The first-order chi connectivity index (χ1) is 14.9. The Morgan fingerprint density at radius 3 is 2.61 bits per heavy atom. The average Bonchev–Trinajstić information content (AvgIpc) is 3.10. The van der Waals surface area contributed by atoms with Gasteiger partial charge in [0.25, 0.3) is 0 Å². The molecule has 31 heavy (non-hydrogen) atoms. The highest BCUT2D eigenvalue weighted by molar-refractivity contribution is 7.89. The number of aromatic nitrogens is 1. The molecule has 0 saturated carbocycles. The second-order valence-corrected chi connectivity index (χ2v) is 9.14. The molecule has 0 aliphatic heterocycles. The SMILES string of the molecule is CCCCOC(=O)/C=C/c1[nH]c2ccccc2c1CCNS(=O)(=O)c1ccc(C)cc1. The number of aromatic amines is 1. The van der Waals surface area contributed by atoms with Gasteiger partial charge in [-0.1, -0.05) is 49.2 Å². The molecule has 0 amide bonds. The van der Waals surface area contributed by atoms with Crippen LogP contribution in [0.25, 0.3) is 17.0 Å². The van der Waals surface area contributed by atoms with E-state index in [9.17, 15) is 13.2 Å². The topological polar surface area (TPSA) is 88.3 Å². The minimum Gasteiger partial charge on any atom is -0.463 e. The van der Waals surface area contributed by atoms with E-state index in [1.165, 1.54) is 6.08 Å². The van der Waals surface area contributed by atoms with E-state index in [0.717, 1.165) is 40.6 Å². The summed E-state index contributed by atoms with van der Waals surface area (Å²) in [4.78, 5) is 15.5. The number of rotatable bonds is 10. The molecular formula is C24H28N2O4S. The third-order valence-corrected chi connectivity index (χ3v) is 6.45. The summed E-state index contributed by atoms with van der Waals surface area (Å²) in [6.45, 7) is 4.59. The maximum atomic E-state index is 12.6. The molecular weight excluding hydrogens is 412 g/mol. The van der Waals surface area contributed by atoms with Crippen LogP contribution in [0.3, 0.4) is 0 Å². The quantitative estimate of drug-likeness (QED) is 0.279. The summed E-state index contributed by atoms with van der Waals surface area (Å²) in [6, 6.07) is 14.5. The number of benzene rings is 2. The van der Waals surface area contributed by atoms with Crippen molar-refractivity contribution in [3.05, 3.63) is 71.4 Å². The number of para-hydroxylation sites is 1. The van der Waals surface area contributed by atoms with E-state index in [2.05, 4.69) is 9.71 Å². The number of ether oxygens (including phenoxy) is 1. The smallest absolute Gasteiger partial charge is 0.330 e. The number of nitrogens with one attached hydrogen (secondary N) is 2. The molecule has 3 aromatic rings. The summed E-state index contributed by atoms with van der Waals surface area (Å²) in [6.07, 6.45) is 5.36. The molecule has 0 bridgehead atoms. The van der Waals surface area contributed by atoms with Crippen molar-refractivity contribution in [3.8, 4) is 0 Å². The van der Waals surface area contributed by atoms with Gasteiger partial charge in [0.15, 0.2) is 0 Å². The van der Waals surface area contributed by atoms with Gasteiger partial charge in [0.1, 0.15) is 0 Å². The second-order valence-electron chi connectivity index (χ2n) is 7.38. The zero-order chi connectivity index (χ0) is 22.3. The maximum Gasteiger partial charge on any atom is 0.330 e. The zero-order valence-corrected chi connectivity index (χ0v) is 18.7. The van der Waals surface area contributed by atoms with E-state index in [0.29, 0.717) is 13.0 Å². The first kappa shape index (κ1) is 22.8. The van der Waals surface area contributed by atoms with Crippen LogP contribution in [0.2, 0.25) is 0 Å². The van der Waals surface area contributed by atoms with Gasteiger partial charge in [-0.15, -0.1) is 0 Å². The highest BCUT2D eigenvalue weighted by Crippen LogP contribution is 2.24. The van der Waals surface area contributed by atoms with Crippen molar-refractivity contribution in [2.45, 2.75) is 38.0 Å². The largest absolute Gasteiger partial charge is 0.463 e. The molecule has 7 heteroatoms. The number of hydrogen-bond donors (Lipinski definition) is 2. The van der Waals surface area contributed by atoms with Crippen LogP contribution < -0.4 is 4.72 Å². The molecule has 1 aromatic heterocycles. The summed E-state index contributed by atoms with van der Waals surface area (Å²) in [7, 11) is -3.59. The summed E-state index contributed by atoms with van der Waals surface area (Å²) in [5.74, 6) is -0.391. The molecule has 0 fully saturated rings. The van der Waals surface area contributed by atoms with Crippen molar-refractivity contribution in [1.29, 1.82) is 0 Å². The third-order valence-electron chi connectivity index (χ3n) is 4.97. The van der Waals surface area contributed by atoms with E-state index in [1.54, 1.807) is 30.3 Å². The van der Waals surface area contributed by atoms with Gasteiger partial charge in [0, 0.05) is 29.2 Å². The minimum absolute atomic E-state index is 0.236. The van der Waals surface area contributed by atoms with Gasteiger partial charge in [-0.3, -0.25) is 0 Å². The van der Waals surface area contributed by atoms with Gasteiger partial charge in [-0.25, -0.2) is 17.9 Å². The Labute approximate surface area is 183 Å². The highest BCUT2D eigenvalue weighted by Gasteiger charge is 2.15. The van der Waals surface area contributed by atoms with Gasteiger partial charge < -0.3 is 9.72 Å². The molecule has 2 N–H and O–H groups in total. The predicted octanol–water partition coefficient (Wildman–Crippen LogP) is 4.35. The maximum absolute atomic E-state index is 12.6. The Bertz CT molecular complexity index is 1160. The van der Waals surface area contributed by atoms with Gasteiger partial charge in [-0.2, -0.15) is 0 Å². The Morgan fingerprint density at radius 1 is 1.13 bits per heavy atom. The molecule has 0 atom stereocenters. The Hall–Kier alpha value is -2.90. The molecule has 2 aromatic carbocycles. The van der Waals surface area contributed by atoms with Crippen molar-refractivity contribution in [3.63, 3.8) is 0 Å². The van der Waals surface area contributed by atoms with E-state index >= 15 is 0 Å². The molecule has 0 saturated heterocycles. The first-order valence-corrected chi connectivity index (χ1v) is 11.9. The van der Waals surface area contributed by atoms with Crippen molar-refractivity contribution < 1.29 is 17.9 Å². The number of sulfonamides is 1. The Morgan fingerprint density at radius 2 is 1.87 bits per heavy atom. The molecule has 164 valence electrons. The molecule has 0 spiro atoms. The standard InChI is InChI=1S/C24H28N2O4S/c1-3-4-17-30-24(27)14-13-23-21(20-7-5-6-8-22(20)26-23)15-16-25-31(28,29)19-11-9-18(2)10-12-19/h5-14,25-26H,3-4,15-17H2,1-2H3/b14-13+. The van der Waals surface area contributed by atoms with Gasteiger partial charge in [-0.05, 0) is 49.6 Å². The number of carbonyl (C=O) groups excluding carboxylic acids is 1. The van der Waals surface area contributed by atoms with Crippen molar-refractivity contribution >= 4 is 33.0 Å². The highest BCUT2D eigenvalue weighted by atomic mass is 32.2. The Balaban J connectivity index is 1.74. The first-order valence-electron chi connectivity index (χ1n) is 10.4. The van der Waals surface area contributed by atoms with Gasteiger partial charge >= 0.3 is 5.97 Å². The van der Waals surface area contributed by atoms with Gasteiger partial charge in [0.05, 0.1) is 11.5 Å². The fourth-order valence-electron chi connectivity index (χ4n) is 3.26. The number of hydrogen-bond acceptors (Lipinski definition) is 4. The monoisotopic (exact) mass is 440 g/mol. The summed E-state index contributed by atoms with van der Waals surface area (Å²) in [5.41, 5.74) is 3.64. The fourth-order valence-corrected chi connectivity index (χ4v) is 4.29.